The Morgan fingerprint density at radius 1 is 0.651 bits per heavy atom. The number of rotatable bonds is 8. The van der Waals surface area contributed by atoms with Crippen LogP contribution < -0.4 is 0 Å². The van der Waals surface area contributed by atoms with E-state index in [0.29, 0.717) is 10.5 Å². The Bertz CT molecular complexity index is 1260. The number of unbranched alkanes of at least 4 members (excludes halogenated alkanes) is 2. The molecule has 0 N–H and O–H groups in total. The van der Waals surface area contributed by atoms with Gasteiger partial charge in [-0.15, -0.1) is 10.5 Å². The summed E-state index contributed by atoms with van der Waals surface area (Å²) in [5.74, 6) is 5.00. The SMILES string of the molecule is CCCCS(=CC#N)CCCC.CS(C)=CC#N.N#CC=S(c1ccccc1)c1ccccc1.N#CC=S1CCCCC1. The molecule has 1 fully saturated rings. The molecule has 0 unspecified atom stereocenters. The molecule has 232 valence electrons. The van der Waals surface area contributed by atoms with Gasteiger partial charge in [0.2, 0.25) is 0 Å². The van der Waals surface area contributed by atoms with E-state index in [1.54, 1.807) is 10.7 Å². The van der Waals surface area contributed by atoms with Gasteiger partial charge in [-0.1, -0.05) is 69.5 Å². The summed E-state index contributed by atoms with van der Waals surface area (Å²) < 4.78 is 0. The molecule has 0 atom stereocenters. The predicted molar refractivity (Wildman–Crippen MR) is 201 cm³/mol. The minimum Gasteiger partial charge on any atom is -0.193 e. The van der Waals surface area contributed by atoms with Crippen molar-refractivity contribution in [3.8, 4) is 24.3 Å². The molecule has 43 heavy (non-hydrogen) atoms. The van der Waals surface area contributed by atoms with Crippen LogP contribution in [0.5, 0.6) is 0 Å². The second kappa shape index (κ2) is 29.4. The molecule has 0 saturated carbocycles. The fraction of sp³-hybridized carbons (Fsp3) is 0.429. The van der Waals surface area contributed by atoms with Crippen molar-refractivity contribution < 1.29 is 0 Å². The van der Waals surface area contributed by atoms with Crippen molar-refractivity contribution in [1.29, 1.82) is 21.0 Å². The summed E-state index contributed by atoms with van der Waals surface area (Å²) in [6.45, 7) is 4.40. The smallest absolute Gasteiger partial charge is 0.0980 e. The lowest BCUT2D eigenvalue weighted by Gasteiger charge is -2.12. The van der Waals surface area contributed by atoms with E-state index in [0.717, 1.165) is 0 Å². The molecule has 1 heterocycles. The lowest BCUT2D eigenvalue weighted by atomic mass is 10.3. The molecule has 0 aliphatic carbocycles. The van der Waals surface area contributed by atoms with Gasteiger partial charge in [-0.25, -0.2) is 0 Å². The van der Waals surface area contributed by atoms with Crippen LogP contribution in [-0.2, 0) is 0 Å². The average Bonchev–Trinajstić information content (AvgIpc) is 3.03. The van der Waals surface area contributed by atoms with E-state index in [1.807, 2.05) is 65.7 Å². The van der Waals surface area contributed by atoms with Crippen LogP contribution in [-0.4, -0.2) is 57.0 Å². The highest BCUT2D eigenvalue weighted by Gasteiger charge is 2.02. The van der Waals surface area contributed by atoms with Crippen LogP contribution in [0.25, 0.3) is 0 Å². The topological polar surface area (TPSA) is 95.2 Å². The van der Waals surface area contributed by atoms with Crippen LogP contribution in [0, 0.1) is 45.3 Å². The molecule has 2 aromatic carbocycles. The van der Waals surface area contributed by atoms with Gasteiger partial charge in [0.05, 0.1) is 24.3 Å². The number of nitrogens with zero attached hydrogens (tertiary/aromatic N) is 4. The lowest BCUT2D eigenvalue weighted by Crippen LogP contribution is -1.97. The van der Waals surface area contributed by atoms with Crippen LogP contribution in [0.1, 0.15) is 58.8 Å². The van der Waals surface area contributed by atoms with Crippen LogP contribution in [0.2, 0.25) is 0 Å². The summed E-state index contributed by atoms with van der Waals surface area (Å²) in [6.07, 6.45) is 13.1. The number of nitriles is 4. The van der Waals surface area contributed by atoms with Crippen LogP contribution in [0.3, 0.4) is 0 Å². The third kappa shape index (κ3) is 22.5. The maximum atomic E-state index is 8.86. The normalized spacial score (nSPS) is 11.8. The highest BCUT2D eigenvalue weighted by atomic mass is 32.2. The summed E-state index contributed by atoms with van der Waals surface area (Å²) in [5, 5.41) is 40.6. The van der Waals surface area contributed by atoms with Crippen LogP contribution in [0.4, 0.5) is 0 Å². The minimum absolute atomic E-state index is 0.198. The molecule has 0 aromatic heterocycles. The van der Waals surface area contributed by atoms with Crippen molar-refractivity contribution in [2.24, 2.45) is 0 Å². The summed E-state index contributed by atoms with van der Waals surface area (Å²) in [4.78, 5) is 2.35. The van der Waals surface area contributed by atoms with Crippen molar-refractivity contribution in [3.05, 3.63) is 60.7 Å². The average molecular weight is 653 g/mol. The molecule has 4 nitrogen and oxygen atoms in total. The Balaban J connectivity index is 0.000000581. The first-order valence-electron chi connectivity index (χ1n) is 14.6. The second-order valence-electron chi connectivity index (χ2n) is 9.49. The molecule has 1 aliphatic rings. The Labute approximate surface area is 272 Å². The molecule has 1 saturated heterocycles. The van der Waals surface area contributed by atoms with Gasteiger partial charge in [0.15, 0.2) is 0 Å². The highest BCUT2D eigenvalue weighted by molar-refractivity contribution is 8.16. The molecule has 0 spiro atoms. The van der Waals surface area contributed by atoms with Gasteiger partial charge in [0.1, 0.15) is 0 Å². The summed E-state index contributed by atoms with van der Waals surface area (Å²) in [7, 11) is 0.620. The van der Waals surface area contributed by atoms with E-state index in [9.17, 15) is 0 Å². The number of hydrogen-bond acceptors (Lipinski definition) is 4. The quantitative estimate of drug-likeness (QED) is 0.265. The molecule has 3 rings (SSSR count). The van der Waals surface area contributed by atoms with E-state index in [2.05, 4.69) is 56.3 Å². The van der Waals surface area contributed by atoms with Crippen molar-refractivity contribution in [2.75, 3.05) is 35.5 Å². The standard InChI is InChI=1S/C14H11NS.C10H19NS.C7H11NS.C4H7NS/c15-11-12-16(13-7-3-1-4-8-13)14-9-5-2-6-10-14;1-3-5-8-12(10-7-11)9-6-4-2;8-4-7-9-5-2-1-3-6-9;1-6(2)4-3-5/h1-10,12H;10H,3-6,8-9H2,1-2H3;7H,1-3,5-6H2;4H,1-2H3. The van der Waals surface area contributed by atoms with E-state index >= 15 is 0 Å². The van der Waals surface area contributed by atoms with Crippen molar-refractivity contribution >= 4 is 63.4 Å². The Kier molecular flexibility index (Phi) is 27.5. The Morgan fingerprint density at radius 3 is 1.47 bits per heavy atom. The van der Waals surface area contributed by atoms with Gasteiger partial charge < -0.3 is 0 Å². The summed E-state index contributed by atoms with van der Waals surface area (Å²) in [6, 6.07) is 28.6. The van der Waals surface area contributed by atoms with Crippen molar-refractivity contribution in [1.82, 2.24) is 0 Å². The minimum atomic E-state index is -0.237. The zero-order valence-electron chi connectivity index (χ0n) is 26.3. The van der Waals surface area contributed by atoms with E-state index in [-0.39, 0.29) is 31.5 Å². The third-order valence-electron chi connectivity index (χ3n) is 5.73. The van der Waals surface area contributed by atoms with Gasteiger partial charge in [0, 0.05) is 31.3 Å². The molecule has 0 amide bonds. The van der Waals surface area contributed by atoms with Gasteiger partial charge in [-0.2, -0.15) is 52.5 Å². The number of benzene rings is 2. The first-order chi connectivity index (χ1) is 21.0. The molecule has 2 aromatic rings. The van der Waals surface area contributed by atoms with Crippen LogP contribution in [0.15, 0.2) is 70.5 Å². The largest absolute Gasteiger partial charge is 0.193 e. The van der Waals surface area contributed by atoms with Crippen LogP contribution >= 0.6 is 41.9 Å². The second-order valence-corrected chi connectivity index (χ2v) is 17.6. The van der Waals surface area contributed by atoms with E-state index < -0.39 is 0 Å². The fourth-order valence-electron chi connectivity index (χ4n) is 3.56. The first-order valence-corrected chi connectivity index (χ1v) is 21.3. The zero-order valence-corrected chi connectivity index (χ0v) is 29.5. The van der Waals surface area contributed by atoms with Crippen molar-refractivity contribution in [2.45, 2.75) is 68.6 Å². The molecular formula is C35H48N4S4. The summed E-state index contributed by atoms with van der Waals surface area (Å²) in [5.41, 5.74) is 0. The molecule has 8 heteroatoms. The van der Waals surface area contributed by atoms with Gasteiger partial charge in [0.25, 0.3) is 0 Å². The van der Waals surface area contributed by atoms with E-state index in [1.165, 1.54) is 77.7 Å². The molecule has 0 radical (unpaired) electrons. The lowest BCUT2D eigenvalue weighted by molar-refractivity contribution is 0.764. The summed E-state index contributed by atoms with van der Waals surface area (Å²) >= 11 is 0. The van der Waals surface area contributed by atoms with E-state index in [4.69, 9.17) is 21.0 Å². The zero-order chi connectivity index (χ0) is 32.0. The Hall–Kier alpha value is -2.72. The van der Waals surface area contributed by atoms with Gasteiger partial charge in [-0.3, -0.25) is 0 Å². The highest BCUT2D eigenvalue weighted by Crippen LogP contribution is 2.34. The monoisotopic (exact) mass is 652 g/mol. The Morgan fingerprint density at radius 2 is 1.12 bits per heavy atom. The van der Waals surface area contributed by atoms with Crippen molar-refractivity contribution in [3.63, 3.8) is 0 Å². The molecule has 0 bridgehead atoms. The molecule has 1 aliphatic heterocycles. The van der Waals surface area contributed by atoms with Gasteiger partial charge >= 0.3 is 0 Å². The third-order valence-corrected chi connectivity index (χ3v) is 12.3. The maximum Gasteiger partial charge on any atom is 0.0980 e. The fourth-order valence-corrected chi connectivity index (χ4v) is 8.97. The number of hydrogen-bond donors (Lipinski definition) is 0. The van der Waals surface area contributed by atoms with Gasteiger partial charge in [-0.05, 0) is 85.5 Å². The first kappa shape index (κ1) is 40.3. The predicted octanol–water partition coefficient (Wildman–Crippen LogP) is 9.49. The maximum absolute atomic E-state index is 8.86. The molecular weight excluding hydrogens is 605 g/mol.